The molecule has 2 aliphatic carbocycles. The van der Waals surface area contributed by atoms with Crippen LogP contribution in [0.15, 0.2) is 0 Å². The van der Waals surface area contributed by atoms with Crippen molar-refractivity contribution in [1.29, 1.82) is 0 Å². The summed E-state index contributed by atoms with van der Waals surface area (Å²) >= 11 is 0. The summed E-state index contributed by atoms with van der Waals surface area (Å²) in [6, 6.07) is 0. The molecular weight excluding hydrogens is 256 g/mol. The molecule has 0 aromatic heterocycles. The highest BCUT2D eigenvalue weighted by Crippen LogP contribution is 2.49. The maximum Gasteiger partial charge on any atom is 0.160 e. The fraction of sp³-hybridized carbons (Fsp3) is 1.00. The van der Waals surface area contributed by atoms with Crippen LogP contribution in [0.25, 0.3) is 0 Å². The molecule has 0 radical (unpaired) electrons. The molecule has 4 nitrogen and oxygen atoms in total. The minimum atomic E-state index is -0.179. The Bertz CT molecular complexity index is 353. The van der Waals surface area contributed by atoms with Crippen molar-refractivity contribution in [1.82, 2.24) is 0 Å². The van der Waals surface area contributed by atoms with Gasteiger partial charge < -0.3 is 19.3 Å². The number of rotatable bonds is 1. The first-order valence-corrected chi connectivity index (χ1v) is 8.20. The lowest BCUT2D eigenvalue weighted by molar-refractivity contribution is -0.262. The molecule has 0 aromatic carbocycles. The van der Waals surface area contributed by atoms with E-state index in [1.54, 1.807) is 0 Å². The van der Waals surface area contributed by atoms with Crippen molar-refractivity contribution in [2.75, 3.05) is 13.2 Å². The van der Waals surface area contributed by atoms with Gasteiger partial charge in [-0.05, 0) is 44.4 Å². The molecule has 2 saturated carbocycles. The van der Waals surface area contributed by atoms with Gasteiger partial charge in [0.2, 0.25) is 0 Å². The van der Waals surface area contributed by atoms with Crippen molar-refractivity contribution in [2.24, 2.45) is 17.3 Å². The van der Waals surface area contributed by atoms with E-state index in [2.05, 4.69) is 6.92 Å². The first-order valence-electron chi connectivity index (χ1n) is 8.20. The molecule has 4 aliphatic rings. The predicted octanol–water partition coefficient (Wildman–Crippen LogP) is 2.09. The van der Waals surface area contributed by atoms with Crippen LogP contribution in [-0.2, 0) is 14.2 Å². The molecule has 0 aromatic rings. The van der Waals surface area contributed by atoms with Crippen LogP contribution in [0, 0.1) is 17.3 Å². The smallest absolute Gasteiger partial charge is 0.160 e. The fourth-order valence-electron chi connectivity index (χ4n) is 4.57. The van der Waals surface area contributed by atoms with Gasteiger partial charge in [0.25, 0.3) is 0 Å². The predicted molar refractivity (Wildman–Crippen MR) is 73.1 cm³/mol. The summed E-state index contributed by atoms with van der Waals surface area (Å²) in [5.74, 6) is 0.932. The number of epoxide rings is 1. The van der Waals surface area contributed by atoms with Crippen molar-refractivity contribution in [3.63, 3.8) is 0 Å². The highest BCUT2D eigenvalue weighted by atomic mass is 16.7. The molecule has 2 aliphatic heterocycles. The number of fused-ring (bicyclic) bond motifs is 1. The number of hydrogen-bond acceptors (Lipinski definition) is 4. The summed E-state index contributed by atoms with van der Waals surface area (Å²) in [6.07, 6.45) is 7.04. The monoisotopic (exact) mass is 282 g/mol. The van der Waals surface area contributed by atoms with Crippen LogP contribution >= 0.6 is 0 Å². The third kappa shape index (κ3) is 2.52. The Morgan fingerprint density at radius 3 is 2.55 bits per heavy atom. The molecule has 4 rings (SSSR count). The molecule has 4 heteroatoms. The molecule has 0 bridgehead atoms. The average molecular weight is 282 g/mol. The van der Waals surface area contributed by atoms with Gasteiger partial charge in [0, 0.05) is 11.3 Å². The number of aliphatic hydroxyl groups excluding tert-OH is 1. The lowest BCUT2D eigenvalue weighted by Crippen LogP contribution is -2.48. The highest BCUT2D eigenvalue weighted by Gasteiger charge is 2.52. The SMILES string of the molecule is C[C@@H]1CC(O)CC(C2OCC3(CCC4OC4C3)CO2)C1. The molecule has 2 saturated heterocycles. The second kappa shape index (κ2) is 4.94. The van der Waals surface area contributed by atoms with Crippen LogP contribution in [0.3, 0.4) is 0 Å². The van der Waals surface area contributed by atoms with Gasteiger partial charge in [-0.3, -0.25) is 0 Å². The zero-order chi connectivity index (χ0) is 13.7. The van der Waals surface area contributed by atoms with Gasteiger partial charge in [-0.15, -0.1) is 0 Å². The quantitative estimate of drug-likeness (QED) is 0.748. The summed E-state index contributed by atoms with van der Waals surface area (Å²) in [4.78, 5) is 0. The zero-order valence-corrected chi connectivity index (χ0v) is 12.3. The second-order valence-corrected chi connectivity index (χ2v) is 7.67. The second-order valence-electron chi connectivity index (χ2n) is 7.67. The zero-order valence-electron chi connectivity index (χ0n) is 12.3. The highest BCUT2D eigenvalue weighted by molar-refractivity contribution is 5.00. The molecule has 20 heavy (non-hydrogen) atoms. The Balaban J connectivity index is 1.34. The Kier molecular flexibility index (Phi) is 3.33. The summed E-state index contributed by atoms with van der Waals surface area (Å²) in [7, 11) is 0. The summed E-state index contributed by atoms with van der Waals surface area (Å²) in [5, 5.41) is 9.94. The van der Waals surface area contributed by atoms with Crippen molar-refractivity contribution >= 4 is 0 Å². The first kappa shape index (κ1) is 13.5. The largest absolute Gasteiger partial charge is 0.393 e. The van der Waals surface area contributed by atoms with Gasteiger partial charge in [-0.25, -0.2) is 0 Å². The molecule has 1 spiro atoms. The third-order valence-corrected chi connectivity index (χ3v) is 5.73. The fourth-order valence-corrected chi connectivity index (χ4v) is 4.57. The van der Waals surface area contributed by atoms with E-state index in [1.807, 2.05) is 0 Å². The van der Waals surface area contributed by atoms with Crippen molar-refractivity contribution < 1.29 is 19.3 Å². The van der Waals surface area contributed by atoms with E-state index < -0.39 is 0 Å². The summed E-state index contributed by atoms with van der Waals surface area (Å²) in [5.41, 5.74) is 0.201. The van der Waals surface area contributed by atoms with E-state index in [0.717, 1.165) is 38.9 Å². The van der Waals surface area contributed by atoms with Gasteiger partial charge in [0.1, 0.15) is 0 Å². The van der Waals surface area contributed by atoms with E-state index in [0.29, 0.717) is 24.0 Å². The Morgan fingerprint density at radius 2 is 1.85 bits per heavy atom. The van der Waals surface area contributed by atoms with Crippen LogP contribution in [0.4, 0.5) is 0 Å². The minimum Gasteiger partial charge on any atom is -0.393 e. The van der Waals surface area contributed by atoms with E-state index in [-0.39, 0.29) is 17.8 Å². The average Bonchev–Trinajstić information content (AvgIpc) is 3.16. The van der Waals surface area contributed by atoms with Crippen molar-refractivity contribution in [3.8, 4) is 0 Å². The van der Waals surface area contributed by atoms with Gasteiger partial charge >= 0.3 is 0 Å². The molecule has 0 amide bonds. The topological polar surface area (TPSA) is 51.2 Å². The molecule has 5 atom stereocenters. The Hall–Kier alpha value is -0.160. The van der Waals surface area contributed by atoms with E-state index in [9.17, 15) is 5.11 Å². The molecular formula is C16H26O4. The number of hydrogen-bond donors (Lipinski definition) is 1. The minimum absolute atomic E-state index is 0.101. The maximum atomic E-state index is 9.94. The molecule has 4 unspecified atom stereocenters. The van der Waals surface area contributed by atoms with Gasteiger partial charge in [0.05, 0.1) is 31.5 Å². The number of ether oxygens (including phenoxy) is 3. The molecule has 2 heterocycles. The standard InChI is InChI=1S/C16H26O4/c1-10-4-11(6-12(17)5-10)15-18-8-16(9-19-15)3-2-13-14(7-16)20-13/h10-15,17H,2-9H2,1H3/t10-,11?,12?,13?,14?,15?,16?/m0/s1. The Morgan fingerprint density at radius 1 is 1.05 bits per heavy atom. The normalized spacial score (nSPS) is 55.5. The molecule has 114 valence electrons. The van der Waals surface area contributed by atoms with Crippen molar-refractivity contribution in [3.05, 3.63) is 0 Å². The first-order chi connectivity index (χ1) is 9.63. The Labute approximate surface area is 120 Å². The summed E-state index contributed by atoms with van der Waals surface area (Å²) in [6.45, 7) is 3.84. The molecule has 1 N–H and O–H groups in total. The van der Waals surface area contributed by atoms with Crippen molar-refractivity contribution in [2.45, 2.75) is 70.1 Å². The van der Waals surface area contributed by atoms with Gasteiger partial charge in [-0.2, -0.15) is 0 Å². The van der Waals surface area contributed by atoms with Gasteiger partial charge in [0.15, 0.2) is 6.29 Å². The lowest BCUT2D eigenvalue weighted by Gasteiger charge is -2.45. The number of aliphatic hydroxyl groups is 1. The maximum absolute atomic E-state index is 9.94. The van der Waals surface area contributed by atoms with Crippen LogP contribution in [0.1, 0.15) is 45.4 Å². The van der Waals surface area contributed by atoms with E-state index in [4.69, 9.17) is 14.2 Å². The van der Waals surface area contributed by atoms with Crippen LogP contribution in [0.2, 0.25) is 0 Å². The van der Waals surface area contributed by atoms with E-state index in [1.165, 1.54) is 12.8 Å². The third-order valence-electron chi connectivity index (χ3n) is 5.73. The van der Waals surface area contributed by atoms with Crippen LogP contribution in [-0.4, -0.2) is 42.9 Å². The van der Waals surface area contributed by atoms with Crippen LogP contribution < -0.4 is 0 Å². The summed E-state index contributed by atoms with van der Waals surface area (Å²) < 4.78 is 17.8. The van der Waals surface area contributed by atoms with Gasteiger partial charge in [-0.1, -0.05) is 6.92 Å². The molecule has 4 fully saturated rings. The van der Waals surface area contributed by atoms with E-state index >= 15 is 0 Å². The van der Waals surface area contributed by atoms with Crippen LogP contribution in [0.5, 0.6) is 0 Å². The lowest BCUT2D eigenvalue weighted by atomic mass is 9.74.